The number of para-hydroxylation sites is 1. The molecule has 132 valence electrons. The van der Waals surface area contributed by atoms with E-state index < -0.39 is 4.92 Å². The van der Waals surface area contributed by atoms with Crippen LogP contribution in [0.2, 0.25) is 0 Å². The molecule has 0 aliphatic heterocycles. The average Bonchev–Trinajstić information content (AvgIpc) is 3.11. The minimum Gasteiger partial charge on any atom is -0.319 e. The lowest BCUT2D eigenvalue weighted by molar-refractivity contribution is -0.384. The highest BCUT2D eigenvalue weighted by Crippen LogP contribution is 2.28. The Morgan fingerprint density at radius 1 is 1.23 bits per heavy atom. The van der Waals surface area contributed by atoms with Crippen LogP contribution in [-0.4, -0.2) is 31.8 Å². The maximum Gasteiger partial charge on any atom is 0.293 e. The van der Waals surface area contributed by atoms with Crippen molar-refractivity contribution in [2.75, 3.05) is 11.1 Å². The number of nitrogens with one attached hydrogen (secondary N) is 2. The highest BCUT2D eigenvalue weighted by Gasteiger charge is 2.18. The van der Waals surface area contributed by atoms with Gasteiger partial charge in [0, 0.05) is 11.6 Å². The largest absolute Gasteiger partial charge is 0.319 e. The third-order valence-electron chi connectivity index (χ3n) is 3.56. The van der Waals surface area contributed by atoms with Crippen LogP contribution in [0, 0.1) is 17.0 Å². The van der Waals surface area contributed by atoms with Gasteiger partial charge in [-0.15, -0.1) is 5.10 Å². The second kappa shape index (κ2) is 7.79. The molecule has 0 spiro atoms. The molecule has 2 N–H and O–H groups in total. The van der Waals surface area contributed by atoms with Crippen LogP contribution in [0.15, 0.2) is 53.7 Å². The van der Waals surface area contributed by atoms with Gasteiger partial charge in [-0.25, -0.2) is 4.98 Å². The molecule has 0 unspecified atom stereocenters. The molecule has 0 bridgehead atoms. The van der Waals surface area contributed by atoms with Crippen LogP contribution in [0.25, 0.3) is 11.4 Å². The van der Waals surface area contributed by atoms with Gasteiger partial charge in [0.25, 0.3) is 5.69 Å². The third kappa shape index (κ3) is 4.06. The molecule has 0 aliphatic carbocycles. The van der Waals surface area contributed by atoms with Crippen LogP contribution in [0.4, 0.5) is 11.4 Å². The summed E-state index contributed by atoms with van der Waals surface area (Å²) in [5.41, 5.74) is 1.60. The maximum absolute atomic E-state index is 12.2. The Morgan fingerprint density at radius 3 is 2.73 bits per heavy atom. The summed E-state index contributed by atoms with van der Waals surface area (Å²) in [4.78, 5) is 27.1. The van der Waals surface area contributed by atoms with Gasteiger partial charge in [-0.05, 0) is 12.5 Å². The first-order valence-electron chi connectivity index (χ1n) is 7.69. The minimum absolute atomic E-state index is 0.0393. The van der Waals surface area contributed by atoms with E-state index in [2.05, 4.69) is 20.5 Å². The summed E-state index contributed by atoms with van der Waals surface area (Å²) >= 11 is 1.15. The van der Waals surface area contributed by atoms with Crippen molar-refractivity contribution >= 4 is 29.0 Å². The van der Waals surface area contributed by atoms with E-state index >= 15 is 0 Å². The van der Waals surface area contributed by atoms with E-state index in [-0.39, 0.29) is 23.0 Å². The molecule has 26 heavy (non-hydrogen) atoms. The lowest BCUT2D eigenvalue weighted by Crippen LogP contribution is -2.16. The predicted octanol–water partition coefficient (Wildman–Crippen LogP) is 3.42. The zero-order valence-corrected chi connectivity index (χ0v) is 14.6. The number of benzene rings is 2. The monoisotopic (exact) mass is 369 g/mol. The molecule has 0 saturated heterocycles. The molecule has 1 aromatic heterocycles. The van der Waals surface area contributed by atoms with Gasteiger partial charge in [-0.3, -0.25) is 20.0 Å². The molecular weight excluding hydrogens is 354 g/mol. The van der Waals surface area contributed by atoms with Crippen LogP contribution in [0.1, 0.15) is 5.56 Å². The molecule has 0 aliphatic rings. The number of aryl methyl sites for hydroxylation is 1. The zero-order valence-electron chi connectivity index (χ0n) is 13.8. The van der Waals surface area contributed by atoms with Crippen molar-refractivity contribution in [3.05, 3.63) is 64.2 Å². The number of nitro benzene ring substituents is 1. The summed E-state index contributed by atoms with van der Waals surface area (Å²) in [5.74, 6) is 0.291. The first kappa shape index (κ1) is 17.6. The van der Waals surface area contributed by atoms with Crippen LogP contribution in [0.3, 0.4) is 0 Å². The number of aromatic amines is 1. The molecule has 3 aromatic rings. The summed E-state index contributed by atoms with van der Waals surface area (Å²) in [7, 11) is 0. The van der Waals surface area contributed by atoms with E-state index in [0.29, 0.717) is 16.5 Å². The lowest BCUT2D eigenvalue weighted by Gasteiger charge is -2.08. The summed E-state index contributed by atoms with van der Waals surface area (Å²) < 4.78 is 0. The third-order valence-corrected chi connectivity index (χ3v) is 4.40. The standard InChI is InChI=1S/C17H15N5O3S/c1-11-6-5-9-13(22(24)25)15(11)18-14(23)10-26-17-19-16(20-21-17)12-7-3-2-4-8-12/h2-9H,10H2,1H3,(H,18,23)(H,19,20,21). The normalized spacial score (nSPS) is 10.5. The highest BCUT2D eigenvalue weighted by molar-refractivity contribution is 7.99. The molecule has 0 atom stereocenters. The van der Waals surface area contributed by atoms with Gasteiger partial charge in [0.1, 0.15) is 5.69 Å². The van der Waals surface area contributed by atoms with Gasteiger partial charge in [0.2, 0.25) is 11.1 Å². The summed E-state index contributed by atoms with van der Waals surface area (Å²) in [6.45, 7) is 1.71. The van der Waals surface area contributed by atoms with Gasteiger partial charge in [-0.1, -0.05) is 54.2 Å². The second-order valence-corrected chi connectivity index (χ2v) is 6.34. The van der Waals surface area contributed by atoms with Crippen LogP contribution < -0.4 is 5.32 Å². The average molecular weight is 369 g/mol. The van der Waals surface area contributed by atoms with E-state index in [1.807, 2.05) is 30.3 Å². The number of carbonyl (C=O) groups excluding carboxylic acids is 1. The Balaban J connectivity index is 1.64. The second-order valence-electron chi connectivity index (χ2n) is 5.40. The van der Waals surface area contributed by atoms with E-state index in [1.165, 1.54) is 6.07 Å². The summed E-state index contributed by atoms with van der Waals surface area (Å²) in [6, 6.07) is 14.1. The van der Waals surface area contributed by atoms with Gasteiger partial charge >= 0.3 is 0 Å². The molecule has 2 aromatic carbocycles. The van der Waals surface area contributed by atoms with Gasteiger partial charge in [0.15, 0.2) is 5.82 Å². The van der Waals surface area contributed by atoms with Crippen LogP contribution in [-0.2, 0) is 4.79 Å². The molecule has 1 heterocycles. The number of thioether (sulfide) groups is 1. The van der Waals surface area contributed by atoms with Crippen molar-refractivity contribution in [3.8, 4) is 11.4 Å². The number of rotatable bonds is 6. The number of hydrogen-bond acceptors (Lipinski definition) is 6. The Labute approximate surface area is 153 Å². The summed E-state index contributed by atoms with van der Waals surface area (Å²) in [6.07, 6.45) is 0. The van der Waals surface area contributed by atoms with Gasteiger partial charge in [-0.2, -0.15) is 0 Å². The zero-order chi connectivity index (χ0) is 18.5. The SMILES string of the molecule is Cc1cccc([N+](=O)[O-])c1NC(=O)CSc1n[nH]c(-c2ccccc2)n1. The van der Waals surface area contributed by atoms with Crippen LogP contribution >= 0.6 is 11.8 Å². The Morgan fingerprint density at radius 2 is 2.00 bits per heavy atom. The van der Waals surface area contributed by atoms with Crippen molar-refractivity contribution in [1.82, 2.24) is 15.2 Å². The predicted molar refractivity (Wildman–Crippen MR) is 99.0 cm³/mol. The number of hydrogen-bond donors (Lipinski definition) is 2. The quantitative estimate of drug-likeness (QED) is 0.391. The Kier molecular flexibility index (Phi) is 5.28. The Hall–Kier alpha value is -3.20. The smallest absolute Gasteiger partial charge is 0.293 e. The van der Waals surface area contributed by atoms with E-state index in [9.17, 15) is 14.9 Å². The number of nitro groups is 1. The number of carbonyl (C=O) groups is 1. The first-order chi connectivity index (χ1) is 12.5. The lowest BCUT2D eigenvalue weighted by atomic mass is 10.1. The van der Waals surface area contributed by atoms with Gasteiger partial charge < -0.3 is 5.32 Å². The van der Waals surface area contributed by atoms with E-state index in [1.54, 1.807) is 19.1 Å². The molecule has 0 fully saturated rings. The number of nitrogens with zero attached hydrogens (tertiary/aromatic N) is 3. The topological polar surface area (TPSA) is 114 Å². The Bertz CT molecular complexity index is 943. The van der Waals surface area contributed by atoms with E-state index in [0.717, 1.165) is 17.3 Å². The summed E-state index contributed by atoms with van der Waals surface area (Å²) in [5, 5.41) is 21.0. The number of H-pyrrole nitrogens is 1. The van der Waals surface area contributed by atoms with Crippen molar-refractivity contribution in [1.29, 1.82) is 0 Å². The fourth-order valence-electron chi connectivity index (χ4n) is 2.31. The minimum atomic E-state index is -0.517. The number of amides is 1. The number of anilines is 1. The van der Waals surface area contributed by atoms with Crippen molar-refractivity contribution in [2.45, 2.75) is 12.1 Å². The molecule has 9 heteroatoms. The fourth-order valence-corrected chi connectivity index (χ4v) is 2.91. The molecule has 8 nitrogen and oxygen atoms in total. The number of aromatic nitrogens is 3. The molecule has 0 saturated carbocycles. The van der Waals surface area contributed by atoms with Crippen LogP contribution in [0.5, 0.6) is 0 Å². The molecule has 0 radical (unpaired) electrons. The molecular formula is C17H15N5O3S. The van der Waals surface area contributed by atoms with E-state index in [4.69, 9.17) is 0 Å². The van der Waals surface area contributed by atoms with Crippen molar-refractivity contribution in [2.24, 2.45) is 0 Å². The molecule has 3 rings (SSSR count). The highest BCUT2D eigenvalue weighted by atomic mass is 32.2. The van der Waals surface area contributed by atoms with Crippen molar-refractivity contribution in [3.63, 3.8) is 0 Å². The fraction of sp³-hybridized carbons (Fsp3) is 0.118. The van der Waals surface area contributed by atoms with Crippen molar-refractivity contribution < 1.29 is 9.72 Å². The van der Waals surface area contributed by atoms with Gasteiger partial charge in [0.05, 0.1) is 10.7 Å². The maximum atomic E-state index is 12.2. The first-order valence-corrected chi connectivity index (χ1v) is 8.67. The molecule has 1 amide bonds.